The first kappa shape index (κ1) is 22.2. The van der Waals surface area contributed by atoms with Gasteiger partial charge in [0, 0.05) is 5.56 Å². The SMILES string of the molecule is CCCCc1ccc(CC(CCC)CCCOc2ccc(C=O)cc2)cc1C. The highest BCUT2D eigenvalue weighted by Crippen LogP contribution is 2.22. The van der Waals surface area contributed by atoms with Gasteiger partial charge in [0.25, 0.3) is 0 Å². The van der Waals surface area contributed by atoms with Crippen LogP contribution in [0, 0.1) is 12.8 Å². The van der Waals surface area contributed by atoms with E-state index in [-0.39, 0.29) is 0 Å². The van der Waals surface area contributed by atoms with E-state index in [1.165, 1.54) is 55.2 Å². The maximum atomic E-state index is 10.7. The lowest BCUT2D eigenvalue weighted by Crippen LogP contribution is -2.08. The molecule has 0 aliphatic heterocycles. The van der Waals surface area contributed by atoms with Crippen molar-refractivity contribution in [2.75, 3.05) is 6.61 Å². The van der Waals surface area contributed by atoms with Crippen LogP contribution in [0.2, 0.25) is 0 Å². The van der Waals surface area contributed by atoms with Gasteiger partial charge in [0.2, 0.25) is 0 Å². The maximum Gasteiger partial charge on any atom is 0.150 e. The van der Waals surface area contributed by atoms with Crippen LogP contribution in [-0.4, -0.2) is 12.9 Å². The molecule has 152 valence electrons. The molecule has 0 saturated carbocycles. The van der Waals surface area contributed by atoms with Crippen molar-refractivity contribution in [2.24, 2.45) is 5.92 Å². The molecule has 28 heavy (non-hydrogen) atoms. The lowest BCUT2D eigenvalue weighted by molar-refractivity contribution is 0.112. The molecule has 0 amide bonds. The molecule has 1 atom stereocenters. The number of rotatable bonds is 13. The molecule has 2 aromatic carbocycles. The number of ether oxygens (including phenoxy) is 1. The number of hydrogen-bond donors (Lipinski definition) is 0. The van der Waals surface area contributed by atoms with Crippen LogP contribution in [0.15, 0.2) is 42.5 Å². The van der Waals surface area contributed by atoms with E-state index in [2.05, 4.69) is 39.0 Å². The zero-order valence-electron chi connectivity index (χ0n) is 17.9. The van der Waals surface area contributed by atoms with Gasteiger partial charge < -0.3 is 4.74 Å². The normalized spacial score (nSPS) is 12.0. The topological polar surface area (TPSA) is 26.3 Å². The van der Waals surface area contributed by atoms with Crippen molar-refractivity contribution in [3.63, 3.8) is 0 Å². The summed E-state index contributed by atoms with van der Waals surface area (Å²) in [6.45, 7) is 7.52. The van der Waals surface area contributed by atoms with Gasteiger partial charge in [-0.15, -0.1) is 0 Å². The number of aldehydes is 1. The Bertz CT molecular complexity index is 703. The minimum Gasteiger partial charge on any atom is -0.494 e. The lowest BCUT2D eigenvalue weighted by Gasteiger charge is -2.17. The number of aryl methyl sites for hydroxylation is 2. The van der Waals surface area contributed by atoms with Crippen molar-refractivity contribution in [3.05, 3.63) is 64.7 Å². The van der Waals surface area contributed by atoms with Gasteiger partial charge >= 0.3 is 0 Å². The van der Waals surface area contributed by atoms with Gasteiger partial charge in [-0.25, -0.2) is 0 Å². The summed E-state index contributed by atoms with van der Waals surface area (Å²) >= 11 is 0. The van der Waals surface area contributed by atoms with Crippen LogP contribution in [-0.2, 0) is 12.8 Å². The van der Waals surface area contributed by atoms with E-state index in [1.54, 1.807) is 12.1 Å². The summed E-state index contributed by atoms with van der Waals surface area (Å²) in [5, 5.41) is 0. The zero-order chi connectivity index (χ0) is 20.2. The number of hydrogen-bond acceptors (Lipinski definition) is 2. The summed E-state index contributed by atoms with van der Waals surface area (Å²) in [5.74, 6) is 1.56. The van der Waals surface area contributed by atoms with Crippen molar-refractivity contribution in [1.29, 1.82) is 0 Å². The van der Waals surface area contributed by atoms with Crippen molar-refractivity contribution in [3.8, 4) is 5.75 Å². The fourth-order valence-corrected chi connectivity index (χ4v) is 3.83. The van der Waals surface area contributed by atoms with Gasteiger partial charge in [-0.2, -0.15) is 0 Å². The van der Waals surface area contributed by atoms with Crippen LogP contribution in [0.1, 0.15) is 79.4 Å². The first-order valence-electron chi connectivity index (χ1n) is 10.9. The van der Waals surface area contributed by atoms with E-state index >= 15 is 0 Å². The van der Waals surface area contributed by atoms with Crippen LogP contribution in [0.4, 0.5) is 0 Å². The molecule has 0 radical (unpaired) electrons. The molecule has 0 spiro atoms. The summed E-state index contributed by atoms with van der Waals surface area (Å²) in [4.78, 5) is 10.7. The van der Waals surface area contributed by atoms with Crippen LogP contribution >= 0.6 is 0 Å². The van der Waals surface area contributed by atoms with Gasteiger partial charge in [-0.3, -0.25) is 4.79 Å². The summed E-state index contributed by atoms with van der Waals surface area (Å²) in [5.41, 5.74) is 5.11. The summed E-state index contributed by atoms with van der Waals surface area (Å²) in [6, 6.07) is 14.4. The second kappa shape index (κ2) is 12.4. The number of unbranched alkanes of at least 4 members (excludes halogenated alkanes) is 1. The second-order valence-corrected chi connectivity index (χ2v) is 7.90. The smallest absolute Gasteiger partial charge is 0.150 e. The Morgan fingerprint density at radius 2 is 1.75 bits per heavy atom. The number of carbonyl (C=O) groups is 1. The van der Waals surface area contributed by atoms with E-state index in [0.717, 1.165) is 31.5 Å². The van der Waals surface area contributed by atoms with E-state index in [9.17, 15) is 4.79 Å². The van der Waals surface area contributed by atoms with Crippen molar-refractivity contribution in [2.45, 2.75) is 72.1 Å². The largest absolute Gasteiger partial charge is 0.494 e. The second-order valence-electron chi connectivity index (χ2n) is 7.90. The Morgan fingerprint density at radius 1 is 0.964 bits per heavy atom. The van der Waals surface area contributed by atoms with Gasteiger partial charge in [0.15, 0.2) is 0 Å². The Labute approximate surface area is 171 Å². The van der Waals surface area contributed by atoms with E-state index in [0.29, 0.717) is 11.5 Å². The molecule has 1 unspecified atom stereocenters. The molecule has 0 heterocycles. The molecule has 2 heteroatoms. The molecular weight excluding hydrogens is 344 g/mol. The molecule has 0 aromatic heterocycles. The highest BCUT2D eigenvalue weighted by molar-refractivity contribution is 5.74. The fourth-order valence-electron chi connectivity index (χ4n) is 3.83. The average Bonchev–Trinajstić information content (AvgIpc) is 2.71. The molecule has 0 fully saturated rings. The molecule has 0 saturated heterocycles. The Hall–Kier alpha value is -2.09. The van der Waals surface area contributed by atoms with E-state index in [1.807, 2.05) is 12.1 Å². The highest BCUT2D eigenvalue weighted by atomic mass is 16.5. The Kier molecular flexibility index (Phi) is 9.82. The zero-order valence-corrected chi connectivity index (χ0v) is 17.9. The standard InChI is InChI=1S/C26H36O2/c1-4-6-10-25-14-11-24(18-21(25)3)19-22(8-5-2)9-7-17-28-26-15-12-23(20-27)13-16-26/h11-16,18,20,22H,4-10,17,19H2,1-3H3. The predicted molar refractivity (Wildman–Crippen MR) is 118 cm³/mol. The molecule has 0 bridgehead atoms. The summed E-state index contributed by atoms with van der Waals surface area (Å²) < 4.78 is 5.84. The summed E-state index contributed by atoms with van der Waals surface area (Å²) in [6.07, 6.45) is 10.5. The Morgan fingerprint density at radius 3 is 2.39 bits per heavy atom. The minimum atomic E-state index is 0.686. The monoisotopic (exact) mass is 380 g/mol. The van der Waals surface area contributed by atoms with Crippen LogP contribution in [0.5, 0.6) is 5.75 Å². The predicted octanol–water partition coefficient (Wildman–Crippen LogP) is 6.97. The first-order chi connectivity index (χ1) is 13.7. The van der Waals surface area contributed by atoms with Crippen LogP contribution in [0.25, 0.3) is 0 Å². The molecule has 0 aliphatic carbocycles. The maximum absolute atomic E-state index is 10.7. The van der Waals surface area contributed by atoms with Crippen molar-refractivity contribution in [1.82, 2.24) is 0 Å². The molecular formula is C26H36O2. The fraction of sp³-hybridized carbons (Fsp3) is 0.500. The molecule has 2 aromatic rings. The molecule has 2 nitrogen and oxygen atoms in total. The average molecular weight is 381 g/mol. The van der Waals surface area contributed by atoms with Gasteiger partial charge in [-0.1, -0.05) is 51.3 Å². The third kappa shape index (κ3) is 7.50. The van der Waals surface area contributed by atoms with Crippen molar-refractivity contribution >= 4 is 6.29 Å². The quantitative estimate of drug-likeness (QED) is 0.277. The third-order valence-electron chi connectivity index (χ3n) is 5.47. The third-order valence-corrected chi connectivity index (χ3v) is 5.47. The van der Waals surface area contributed by atoms with E-state index in [4.69, 9.17) is 4.74 Å². The molecule has 0 N–H and O–H groups in total. The van der Waals surface area contributed by atoms with Crippen LogP contribution < -0.4 is 4.74 Å². The molecule has 0 aliphatic rings. The highest BCUT2D eigenvalue weighted by Gasteiger charge is 2.10. The van der Waals surface area contributed by atoms with Gasteiger partial charge in [0.1, 0.15) is 12.0 Å². The number of carbonyl (C=O) groups excluding carboxylic acids is 1. The minimum absolute atomic E-state index is 0.686. The van der Waals surface area contributed by atoms with E-state index < -0.39 is 0 Å². The molecule has 2 rings (SSSR count). The van der Waals surface area contributed by atoms with Crippen LogP contribution in [0.3, 0.4) is 0 Å². The summed E-state index contributed by atoms with van der Waals surface area (Å²) in [7, 11) is 0. The lowest BCUT2D eigenvalue weighted by atomic mass is 9.89. The van der Waals surface area contributed by atoms with Gasteiger partial charge in [0.05, 0.1) is 6.61 Å². The first-order valence-corrected chi connectivity index (χ1v) is 10.9. The number of benzene rings is 2. The Balaban J connectivity index is 1.81. The van der Waals surface area contributed by atoms with Crippen molar-refractivity contribution < 1.29 is 9.53 Å². The van der Waals surface area contributed by atoms with Gasteiger partial charge in [-0.05, 0) is 85.9 Å².